The lowest BCUT2D eigenvalue weighted by atomic mass is 9.77. The van der Waals surface area contributed by atoms with Crippen molar-refractivity contribution in [3.63, 3.8) is 0 Å². The predicted molar refractivity (Wildman–Crippen MR) is 81.8 cm³/mol. The second-order valence-corrected chi connectivity index (χ2v) is 6.41. The summed E-state index contributed by atoms with van der Waals surface area (Å²) in [5.74, 6) is 2.09. The van der Waals surface area contributed by atoms with Gasteiger partial charge in [0.25, 0.3) is 5.56 Å². The van der Waals surface area contributed by atoms with Crippen LogP contribution in [0.15, 0.2) is 4.79 Å². The average Bonchev–Trinajstić information content (AvgIpc) is 2.33. The van der Waals surface area contributed by atoms with Crippen LogP contribution in [0.2, 0.25) is 0 Å². The fourth-order valence-corrected chi connectivity index (χ4v) is 3.47. The highest BCUT2D eigenvalue weighted by Gasteiger charge is 2.28. The third-order valence-electron chi connectivity index (χ3n) is 4.87. The third kappa shape index (κ3) is 3.11. The van der Waals surface area contributed by atoms with Gasteiger partial charge in [-0.1, -0.05) is 26.7 Å². The highest BCUT2D eigenvalue weighted by atomic mass is 16.1. The SMILES string of the molecule is Cc1nc(C)c(C(C)NC2CCCC(C)C2C)c(=O)[nH]1. The molecule has 0 aromatic carbocycles. The smallest absolute Gasteiger partial charge is 0.255 e. The Bertz CT molecular complexity index is 523. The molecule has 1 aliphatic rings. The monoisotopic (exact) mass is 277 g/mol. The van der Waals surface area contributed by atoms with Crippen LogP contribution in [0.25, 0.3) is 0 Å². The Balaban J connectivity index is 2.16. The Morgan fingerprint density at radius 3 is 2.65 bits per heavy atom. The lowest BCUT2D eigenvalue weighted by molar-refractivity contribution is 0.196. The van der Waals surface area contributed by atoms with Gasteiger partial charge in [0.15, 0.2) is 0 Å². The maximum absolute atomic E-state index is 12.2. The van der Waals surface area contributed by atoms with Crippen LogP contribution < -0.4 is 10.9 Å². The molecular formula is C16H27N3O. The number of hydrogen-bond donors (Lipinski definition) is 2. The van der Waals surface area contributed by atoms with Gasteiger partial charge in [-0.15, -0.1) is 0 Å². The van der Waals surface area contributed by atoms with Gasteiger partial charge in [0.2, 0.25) is 0 Å². The van der Waals surface area contributed by atoms with E-state index in [9.17, 15) is 4.79 Å². The summed E-state index contributed by atoms with van der Waals surface area (Å²) >= 11 is 0. The van der Waals surface area contributed by atoms with Crippen molar-refractivity contribution < 1.29 is 0 Å². The molecule has 4 heteroatoms. The number of nitrogens with one attached hydrogen (secondary N) is 2. The van der Waals surface area contributed by atoms with E-state index in [1.54, 1.807) is 0 Å². The Hall–Kier alpha value is -1.16. The van der Waals surface area contributed by atoms with Gasteiger partial charge in [0, 0.05) is 17.8 Å². The van der Waals surface area contributed by atoms with E-state index in [0.29, 0.717) is 17.8 Å². The normalized spacial score (nSPS) is 28.4. The van der Waals surface area contributed by atoms with Gasteiger partial charge < -0.3 is 10.3 Å². The molecule has 2 rings (SSSR count). The maximum atomic E-state index is 12.2. The van der Waals surface area contributed by atoms with Crippen LogP contribution in [0.3, 0.4) is 0 Å². The Labute approximate surface area is 121 Å². The van der Waals surface area contributed by atoms with Gasteiger partial charge in [0.1, 0.15) is 5.82 Å². The van der Waals surface area contributed by atoms with Crippen molar-refractivity contribution in [1.82, 2.24) is 15.3 Å². The van der Waals surface area contributed by atoms with E-state index < -0.39 is 0 Å². The molecule has 112 valence electrons. The summed E-state index contributed by atoms with van der Waals surface area (Å²) in [4.78, 5) is 19.4. The second kappa shape index (κ2) is 6.08. The van der Waals surface area contributed by atoms with Crippen molar-refractivity contribution in [3.8, 4) is 0 Å². The van der Waals surface area contributed by atoms with Crippen LogP contribution in [0, 0.1) is 25.7 Å². The molecule has 0 radical (unpaired) electrons. The second-order valence-electron chi connectivity index (χ2n) is 6.41. The van der Waals surface area contributed by atoms with Crippen LogP contribution in [-0.2, 0) is 0 Å². The van der Waals surface area contributed by atoms with E-state index in [0.717, 1.165) is 17.2 Å². The van der Waals surface area contributed by atoms with Crippen molar-refractivity contribution in [2.24, 2.45) is 11.8 Å². The summed E-state index contributed by atoms with van der Waals surface area (Å²) in [5.41, 5.74) is 1.61. The summed E-state index contributed by atoms with van der Waals surface area (Å²) in [7, 11) is 0. The first-order valence-corrected chi connectivity index (χ1v) is 7.73. The third-order valence-corrected chi connectivity index (χ3v) is 4.87. The predicted octanol–water partition coefficient (Wildman–Crippen LogP) is 2.86. The minimum Gasteiger partial charge on any atom is -0.310 e. The number of rotatable bonds is 3. The first-order chi connectivity index (χ1) is 9.40. The topological polar surface area (TPSA) is 57.8 Å². The fraction of sp³-hybridized carbons (Fsp3) is 0.750. The molecule has 1 fully saturated rings. The standard InChI is InChI=1S/C16H27N3O/c1-9-7-6-8-14(10(9)2)18-12(4)15-11(3)17-13(5)19-16(15)20/h9-10,12,14,18H,6-8H2,1-5H3,(H,17,19,20). The van der Waals surface area contributed by atoms with Crippen LogP contribution in [0.1, 0.15) is 63.2 Å². The zero-order valence-corrected chi connectivity index (χ0v) is 13.3. The Morgan fingerprint density at radius 1 is 1.30 bits per heavy atom. The lowest BCUT2D eigenvalue weighted by Gasteiger charge is -2.36. The largest absolute Gasteiger partial charge is 0.310 e. The molecule has 1 aliphatic carbocycles. The number of aromatic nitrogens is 2. The van der Waals surface area contributed by atoms with E-state index in [2.05, 4.69) is 36.1 Å². The van der Waals surface area contributed by atoms with Gasteiger partial charge in [0.05, 0.1) is 5.56 Å². The molecule has 4 nitrogen and oxygen atoms in total. The van der Waals surface area contributed by atoms with E-state index in [1.807, 2.05) is 13.8 Å². The number of hydrogen-bond acceptors (Lipinski definition) is 3. The van der Waals surface area contributed by atoms with Gasteiger partial charge in [-0.2, -0.15) is 0 Å². The molecule has 4 atom stereocenters. The molecule has 1 aromatic heterocycles. The molecule has 0 spiro atoms. The molecule has 20 heavy (non-hydrogen) atoms. The summed E-state index contributed by atoms with van der Waals surface area (Å²) in [6.45, 7) is 10.5. The molecule has 0 bridgehead atoms. The zero-order chi connectivity index (χ0) is 14.9. The van der Waals surface area contributed by atoms with Crippen LogP contribution >= 0.6 is 0 Å². The number of aryl methyl sites for hydroxylation is 2. The molecular weight excluding hydrogens is 250 g/mol. The molecule has 0 saturated heterocycles. The van der Waals surface area contributed by atoms with Gasteiger partial charge in [-0.25, -0.2) is 4.98 Å². The van der Waals surface area contributed by atoms with Crippen molar-refractivity contribution in [2.75, 3.05) is 0 Å². The summed E-state index contributed by atoms with van der Waals surface area (Å²) in [6.07, 6.45) is 3.79. The molecule has 0 amide bonds. The Kier molecular flexibility index (Phi) is 4.63. The molecule has 4 unspecified atom stereocenters. The van der Waals surface area contributed by atoms with Crippen LogP contribution in [0.5, 0.6) is 0 Å². The maximum Gasteiger partial charge on any atom is 0.255 e. The molecule has 1 saturated carbocycles. The van der Waals surface area contributed by atoms with Gasteiger partial charge in [-0.05, 0) is 39.0 Å². The first kappa shape index (κ1) is 15.2. The molecule has 2 N–H and O–H groups in total. The van der Waals surface area contributed by atoms with E-state index >= 15 is 0 Å². The van der Waals surface area contributed by atoms with E-state index in [4.69, 9.17) is 0 Å². The van der Waals surface area contributed by atoms with Crippen LogP contribution in [0.4, 0.5) is 0 Å². The number of nitrogens with zero attached hydrogens (tertiary/aromatic N) is 1. The van der Waals surface area contributed by atoms with Crippen molar-refractivity contribution >= 4 is 0 Å². The molecule has 1 aromatic rings. The van der Waals surface area contributed by atoms with E-state index in [1.165, 1.54) is 19.3 Å². The Morgan fingerprint density at radius 2 is 2.00 bits per heavy atom. The quantitative estimate of drug-likeness (QED) is 0.893. The van der Waals surface area contributed by atoms with Crippen molar-refractivity contribution in [1.29, 1.82) is 0 Å². The minimum absolute atomic E-state index is 0.00786. The van der Waals surface area contributed by atoms with Crippen molar-refractivity contribution in [2.45, 2.75) is 66.0 Å². The highest BCUT2D eigenvalue weighted by molar-refractivity contribution is 5.20. The van der Waals surface area contributed by atoms with Crippen LogP contribution in [-0.4, -0.2) is 16.0 Å². The highest BCUT2D eigenvalue weighted by Crippen LogP contribution is 2.30. The average molecular weight is 277 g/mol. The van der Waals surface area contributed by atoms with E-state index in [-0.39, 0.29) is 11.6 Å². The summed E-state index contributed by atoms with van der Waals surface area (Å²) in [5, 5.41) is 3.66. The summed E-state index contributed by atoms with van der Waals surface area (Å²) < 4.78 is 0. The number of H-pyrrole nitrogens is 1. The lowest BCUT2D eigenvalue weighted by Crippen LogP contribution is -2.43. The fourth-order valence-electron chi connectivity index (χ4n) is 3.47. The zero-order valence-electron chi connectivity index (χ0n) is 13.3. The van der Waals surface area contributed by atoms with Crippen molar-refractivity contribution in [3.05, 3.63) is 27.4 Å². The first-order valence-electron chi connectivity index (χ1n) is 7.73. The number of aromatic amines is 1. The van der Waals surface area contributed by atoms with Gasteiger partial charge in [-0.3, -0.25) is 4.79 Å². The molecule has 1 heterocycles. The molecule has 0 aliphatic heterocycles. The van der Waals surface area contributed by atoms with Gasteiger partial charge >= 0.3 is 0 Å². The summed E-state index contributed by atoms with van der Waals surface area (Å²) in [6, 6.07) is 0.540. The minimum atomic E-state index is -0.00786.